The SMILES string of the molecule is CC(C)N(CCCO)C(=O)N[C@@H](C(=O)O)C(C)(C)C. The first-order valence-corrected chi connectivity index (χ1v) is 6.52. The van der Waals surface area contributed by atoms with Crippen molar-refractivity contribution in [3.05, 3.63) is 0 Å². The second-order valence-corrected chi connectivity index (χ2v) is 5.95. The van der Waals surface area contributed by atoms with Gasteiger partial charge in [-0.1, -0.05) is 20.8 Å². The van der Waals surface area contributed by atoms with Crippen LogP contribution < -0.4 is 5.32 Å². The van der Waals surface area contributed by atoms with E-state index in [1.54, 1.807) is 20.8 Å². The number of aliphatic carboxylic acids is 1. The van der Waals surface area contributed by atoms with Crippen LogP contribution in [0.3, 0.4) is 0 Å². The third-order valence-electron chi connectivity index (χ3n) is 2.82. The minimum atomic E-state index is -1.05. The van der Waals surface area contributed by atoms with E-state index in [4.69, 9.17) is 5.11 Å². The zero-order chi connectivity index (χ0) is 15.2. The molecule has 0 unspecified atom stereocenters. The van der Waals surface area contributed by atoms with Crippen molar-refractivity contribution in [3.8, 4) is 0 Å². The fraction of sp³-hybridized carbons (Fsp3) is 0.846. The van der Waals surface area contributed by atoms with Gasteiger partial charge >= 0.3 is 12.0 Å². The molecular formula is C13H26N2O4. The molecule has 0 aromatic rings. The monoisotopic (exact) mass is 274 g/mol. The highest BCUT2D eigenvalue weighted by Crippen LogP contribution is 2.20. The quantitative estimate of drug-likeness (QED) is 0.680. The molecule has 0 fully saturated rings. The molecule has 0 aliphatic heterocycles. The molecule has 0 aliphatic rings. The molecule has 0 heterocycles. The summed E-state index contributed by atoms with van der Waals surface area (Å²) in [6.07, 6.45) is 0.471. The standard InChI is InChI=1S/C13H26N2O4/c1-9(2)15(7-6-8-16)12(19)14-10(11(17)18)13(3,4)5/h9-10,16H,6-8H2,1-5H3,(H,14,19)(H,17,18)/t10-/m0/s1. The topological polar surface area (TPSA) is 89.9 Å². The molecule has 0 spiro atoms. The molecule has 112 valence electrons. The first-order valence-electron chi connectivity index (χ1n) is 6.52. The Balaban J connectivity index is 4.81. The molecular weight excluding hydrogens is 248 g/mol. The molecule has 6 nitrogen and oxygen atoms in total. The number of hydrogen-bond acceptors (Lipinski definition) is 3. The molecule has 6 heteroatoms. The molecule has 0 aliphatic carbocycles. The summed E-state index contributed by atoms with van der Waals surface area (Å²) in [5.74, 6) is -1.05. The number of rotatable bonds is 6. The average molecular weight is 274 g/mol. The molecule has 3 N–H and O–H groups in total. The number of nitrogens with zero attached hydrogens (tertiary/aromatic N) is 1. The minimum Gasteiger partial charge on any atom is -0.480 e. The van der Waals surface area contributed by atoms with Crippen LogP contribution in [-0.2, 0) is 4.79 Å². The summed E-state index contributed by atoms with van der Waals surface area (Å²) >= 11 is 0. The van der Waals surface area contributed by atoms with E-state index < -0.39 is 23.5 Å². The first kappa shape index (κ1) is 17.7. The lowest BCUT2D eigenvalue weighted by Crippen LogP contribution is -2.54. The molecule has 0 aromatic heterocycles. The lowest BCUT2D eigenvalue weighted by Gasteiger charge is -2.32. The van der Waals surface area contributed by atoms with Crippen LogP contribution in [-0.4, -0.2) is 52.3 Å². The van der Waals surface area contributed by atoms with Crippen molar-refractivity contribution in [3.63, 3.8) is 0 Å². The maximum Gasteiger partial charge on any atom is 0.326 e. The van der Waals surface area contributed by atoms with Gasteiger partial charge in [-0.2, -0.15) is 0 Å². The number of hydrogen-bond donors (Lipinski definition) is 3. The van der Waals surface area contributed by atoms with Gasteiger partial charge in [-0.3, -0.25) is 0 Å². The molecule has 0 rings (SSSR count). The van der Waals surface area contributed by atoms with Crippen molar-refractivity contribution in [2.75, 3.05) is 13.2 Å². The Bertz CT molecular complexity index is 310. The van der Waals surface area contributed by atoms with Crippen molar-refractivity contribution in [2.24, 2.45) is 5.41 Å². The third kappa shape index (κ3) is 5.92. The van der Waals surface area contributed by atoms with Crippen LogP contribution in [0.25, 0.3) is 0 Å². The number of carbonyl (C=O) groups is 2. The van der Waals surface area contributed by atoms with Gasteiger partial charge in [0.05, 0.1) is 0 Å². The molecule has 0 saturated carbocycles. The smallest absolute Gasteiger partial charge is 0.326 e. The van der Waals surface area contributed by atoms with Gasteiger partial charge in [-0.05, 0) is 25.7 Å². The minimum absolute atomic E-state index is 0.00186. The van der Waals surface area contributed by atoms with Gasteiger partial charge in [-0.25, -0.2) is 9.59 Å². The Labute approximate surface area is 114 Å². The number of carboxylic acid groups (broad SMARTS) is 1. The molecule has 19 heavy (non-hydrogen) atoms. The van der Waals surface area contributed by atoms with Gasteiger partial charge in [0, 0.05) is 19.2 Å². The summed E-state index contributed by atoms with van der Waals surface area (Å²) in [7, 11) is 0. The lowest BCUT2D eigenvalue weighted by atomic mass is 9.87. The maximum atomic E-state index is 12.1. The molecule has 1 atom stereocenters. The van der Waals surface area contributed by atoms with Crippen molar-refractivity contribution in [1.29, 1.82) is 0 Å². The van der Waals surface area contributed by atoms with Crippen LogP contribution in [0.5, 0.6) is 0 Å². The van der Waals surface area contributed by atoms with Gasteiger partial charge in [0.15, 0.2) is 0 Å². The van der Waals surface area contributed by atoms with Crippen molar-refractivity contribution in [2.45, 2.75) is 53.1 Å². The Kier molecular flexibility index (Phi) is 6.83. The van der Waals surface area contributed by atoms with Gasteiger partial charge in [-0.15, -0.1) is 0 Å². The van der Waals surface area contributed by atoms with Crippen LogP contribution in [0, 0.1) is 5.41 Å². The van der Waals surface area contributed by atoms with E-state index in [0.29, 0.717) is 13.0 Å². The number of carbonyl (C=O) groups excluding carboxylic acids is 1. The highest BCUT2D eigenvalue weighted by Gasteiger charge is 2.34. The largest absolute Gasteiger partial charge is 0.480 e. The zero-order valence-electron chi connectivity index (χ0n) is 12.4. The van der Waals surface area contributed by atoms with Crippen LogP contribution in [0.2, 0.25) is 0 Å². The number of nitrogens with one attached hydrogen (secondary N) is 1. The zero-order valence-corrected chi connectivity index (χ0v) is 12.4. The second kappa shape index (κ2) is 7.33. The lowest BCUT2D eigenvalue weighted by molar-refractivity contribution is -0.142. The fourth-order valence-corrected chi connectivity index (χ4v) is 1.69. The molecule has 0 radical (unpaired) electrons. The summed E-state index contributed by atoms with van der Waals surface area (Å²) in [5.41, 5.74) is -0.568. The highest BCUT2D eigenvalue weighted by atomic mass is 16.4. The van der Waals surface area contributed by atoms with Gasteiger partial charge in [0.25, 0.3) is 0 Å². The third-order valence-corrected chi connectivity index (χ3v) is 2.82. The Morgan fingerprint density at radius 1 is 1.26 bits per heavy atom. The van der Waals surface area contributed by atoms with Crippen LogP contribution in [0.15, 0.2) is 0 Å². The van der Waals surface area contributed by atoms with E-state index in [2.05, 4.69) is 5.32 Å². The summed E-state index contributed by atoms with van der Waals surface area (Å²) in [6.45, 7) is 9.39. The Morgan fingerprint density at radius 3 is 2.11 bits per heavy atom. The van der Waals surface area contributed by atoms with E-state index in [-0.39, 0.29) is 12.6 Å². The van der Waals surface area contributed by atoms with Crippen molar-refractivity contribution >= 4 is 12.0 Å². The predicted octanol–water partition coefficient (Wildman–Crippen LogP) is 1.29. The van der Waals surface area contributed by atoms with E-state index >= 15 is 0 Å². The molecule has 0 bridgehead atoms. The maximum absolute atomic E-state index is 12.1. The Hall–Kier alpha value is -1.30. The number of amides is 2. The molecule has 0 saturated heterocycles. The van der Waals surface area contributed by atoms with Crippen LogP contribution in [0.1, 0.15) is 41.0 Å². The second-order valence-electron chi connectivity index (χ2n) is 5.95. The van der Waals surface area contributed by atoms with Crippen LogP contribution in [0.4, 0.5) is 4.79 Å². The first-order chi connectivity index (χ1) is 8.61. The van der Waals surface area contributed by atoms with Gasteiger partial charge in [0.2, 0.25) is 0 Å². The van der Waals surface area contributed by atoms with Crippen LogP contribution >= 0.6 is 0 Å². The predicted molar refractivity (Wildman–Crippen MR) is 73.0 cm³/mol. The van der Waals surface area contributed by atoms with E-state index in [0.717, 1.165) is 0 Å². The number of aliphatic hydroxyl groups is 1. The fourth-order valence-electron chi connectivity index (χ4n) is 1.69. The summed E-state index contributed by atoms with van der Waals surface area (Å²) in [5, 5.41) is 20.6. The number of aliphatic hydroxyl groups excluding tert-OH is 1. The summed E-state index contributed by atoms with van der Waals surface area (Å²) in [6, 6.07) is -1.41. The number of urea groups is 1. The van der Waals surface area contributed by atoms with E-state index in [1.807, 2.05) is 13.8 Å². The normalized spacial score (nSPS) is 13.2. The van der Waals surface area contributed by atoms with Gasteiger partial charge in [0.1, 0.15) is 6.04 Å². The van der Waals surface area contributed by atoms with Gasteiger partial charge < -0.3 is 20.4 Å². The average Bonchev–Trinajstić information content (AvgIpc) is 2.23. The summed E-state index contributed by atoms with van der Waals surface area (Å²) < 4.78 is 0. The Morgan fingerprint density at radius 2 is 1.79 bits per heavy atom. The molecule has 0 aromatic carbocycles. The van der Waals surface area contributed by atoms with Crippen molar-refractivity contribution in [1.82, 2.24) is 10.2 Å². The number of carboxylic acids is 1. The van der Waals surface area contributed by atoms with Crippen molar-refractivity contribution < 1.29 is 19.8 Å². The van der Waals surface area contributed by atoms with E-state index in [9.17, 15) is 14.7 Å². The molecule has 2 amide bonds. The highest BCUT2D eigenvalue weighted by molar-refractivity contribution is 5.83. The van der Waals surface area contributed by atoms with E-state index in [1.165, 1.54) is 4.90 Å². The summed E-state index contributed by atoms with van der Waals surface area (Å²) in [4.78, 5) is 24.9.